The van der Waals surface area contributed by atoms with E-state index in [1.807, 2.05) is 0 Å². The molecule has 0 unspecified atom stereocenters. The van der Waals surface area contributed by atoms with Gasteiger partial charge in [0.05, 0.1) is 29.4 Å². The molecule has 0 spiro atoms. The van der Waals surface area contributed by atoms with Gasteiger partial charge in [0.15, 0.2) is 0 Å². The number of nitrogens with zero attached hydrogens (tertiary/aromatic N) is 2. The van der Waals surface area contributed by atoms with E-state index < -0.39 is 11.4 Å². The van der Waals surface area contributed by atoms with Crippen LogP contribution in [0.1, 0.15) is 32.6 Å². The Morgan fingerprint density at radius 1 is 1.43 bits per heavy atom. The quantitative estimate of drug-likeness (QED) is 0.924. The molecule has 0 amide bonds. The summed E-state index contributed by atoms with van der Waals surface area (Å²) in [7, 11) is 0. The zero-order chi connectivity index (χ0) is 15.0. The monoisotopic (exact) mass is 290 g/mol. The Kier molecular flexibility index (Phi) is 3.53. The van der Waals surface area contributed by atoms with Gasteiger partial charge < -0.3 is 5.11 Å². The molecule has 0 aliphatic heterocycles. The summed E-state index contributed by atoms with van der Waals surface area (Å²) in [5, 5.41) is 11.0. The van der Waals surface area contributed by atoms with Gasteiger partial charge in [-0.2, -0.15) is 0 Å². The molecule has 3 rings (SSSR count). The van der Waals surface area contributed by atoms with Crippen molar-refractivity contribution in [2.45, 2.75) is 44.8 Å². The van der Waals surface area contributed by atoms with Gasteiger partial charge in [-0.25, -0.2) is 9.37 Å². The van der Waals surface area contributed by atoms with Crippen molar-refractivity contribution in [2.24, 2.45) is 5.92 Å². The minimum absolute atomic E-state index is 0.230. The zero-order valence-electron chi connectivity index (χ0n) is 12.1. The summed E-state index contributed by atoms with van der Waals surface area (Å²) in [4.78, 5) is 16.5. The largest absolute Gasteiger partial charge is 0.388 e. The molecule has 2 aromatic rings. The van der Waals surface area contributed by atoms with E-state index in [0.29, 0.717) is 29.7 Å². The van der Waals surface area contributed by atoms with Crippen molar-refractivity contribution in [3.8, 4) is 0 Å². The van der Waals surface area contributed by atoms with Crippen LogP contribution in [0.3, 0.4) is 0 Å². The van der Waals surface area contributed by atoms with Crippen LogP contribution in [0.25, 0.3) is 10.9 Å². The van der Waals surface area contributed by atoms with E-state index >= 15 is 0 Å². The van der Waals surface area contributed by atoms with E-state index in [2.05, 4.69) is 11.9 Å². The van der Waals surface area contributed by atoms with E-state index in [0.717, 1.165) is 12.8 Å². The molecule has 1 aliphatic rings. The summed E-state index contributed by atoms with van der Waals surface area (Å²) >= 11 is 0. The van der Waals surface area contributed by atoms with Crippen LogP contribution < -0.4 is 5.56 Å². The lowest BCUT2D eigenvalue weighted by atomic mass is 9.79. The number of fused-ring (bicyclic) bond motifs is 1. The number of halogens is 1. The van der Waals surface area contributed by atoms with Crippen LogP contribution in [0.4, 0.5) is 4.39 Å². The number of benzene rings is 1. The number of hydrogen-bond donors (Lipinski definition) is 1. The SMILES string of the molecule is CC1CCC(O)(Cn2cnc3cc(F)ccc3c2=O)CC1. The molecule has 1 fully saturated rings. The van der Waals surface area contributed by atoms with Gasteiger partial charge in [0, 0.05) is 6.07 Å². The second-order valence-corrected chi connectivity index (χ2v) is 6.25. The highest BCUT2D eigenvalue weighted by atomic mass is 19.1. The van der Waals surface area contributed by atoms with E-state index in [1.54, 1.807) is 0 Å². The predicted molar refractivity (Wildman–Crippen MR) is 78.5 cm³/mol. The standard InChI is InChI=1S/C16H19FN2O2/c1-11-4-6-16(21,7-5-11)9-19-10-18-14-8-12(17)2-3-13(14)15(19)20/h2-3,8,10-11,21H,4-7,9H2,1H3. The lowest BCUT2D eigenvalue weighted by Gasteiger charge is -2.35. The molecular weight excluding hydrogens is 271 g/mol. The molecule has 1 aromatic heterocycles. The van der Waals surface area contributed by atoms with Gasteiger partial charge in [0.25, 0.3) is 5.56 Å². The minimum atomic E-state index is -0.842. The third-order valence-corrected chi connectivity index (χ3v) is 4.46. The maximum Gasteiger partial charge on any atom is 0.261 e. The van der Waals surface area contributed by atoms with Crippen LogP contribution in [-0.4, -0.2) is 20.3 Å². The van der Waals surface area contributed by atoms with E-state index in [1.165, 1.54) is 29.1 Å². The van der Waals surface area contributed by atoms with Gasteiger partial charge >= 0.3 is 0 Å². The van der Waals surface area contributed by atoms with Crippen LogP contribution >= 0.6 is 0 Å². The topological polar surface area (TPSA) is 55.1 Å². The Morgan fingerprint density at radius 2 is 2.14 bits per heavy atom. The second kappa shape index (κ2) is 5.22. The average molecular weight is 290 g/mol. The first kappa shape index (κ1) is 14.2. The van der Waals surface area contributed by atoms with Gasteiger partial charge in [-0.05, 0) is 43.7 Å². The lowest BCUT2D eigenvalue weighted by molar-refractivity contribution is -0.0225. The normalized spacial score (nSPS) is 26.1. The second-order valence-electron chi connectivity index (χ2n) is 6.25. The molecule has 0 atom stereocenters. The molecular formula is C16H19FN2O2. The first-order chi connectivity index (χ1) is 9.97. The number of hydrogen-bond acceptors (Lipinski definition) is 3. The summed E-state index contributed by atoms with van der Waals surface area (Å²) in [5.41, 5.74) is -0.723. The van der Waals surface area contributed by atoms with Crippen LogP contribution in [0.2, 0.25) is 0 Å². The van der Waals surface area contributed by atoms with Crippen LogP contribution in [0, 0.1) is 11.7 Å². The molecule has 1 heterocycles. The van der Waals surface area contributed by atoms with E-state index in [4.69, 9.17) is 0 Å². The third-order valence-electron chi connectivity index (χ3n) is 4.46. The van der Waals surface area contributed by atoms with Crippen molar-refractivity contribution in [3.63, 3.8) is 0 Å². The summed E-state index contributed by atoms with van der Waals surface area (Å²) in [6.07, 6.45) is 4.74. The first-order valence-electron chi connectivity index (χ1n) is 7.34. The van der Waals surface area contributed by atoms with Crippen molar-refractivity contribution < 1.29 is 9.50 Å². The summed E-state index contributed by atoms with van der Waals surface area (Å²) in [5.74, 6) is 0.215. The van der Waals surface area contributed by atoms with Gasteiger partial charge in [0.1, 0.15) is 5.82 Å². The van der Waals surface area contributed by atoms with Crippen LogP contribution in [0.15, 0.2) is 29.3 Å². The molecule has 4 nitrogen and oxygen atoms in total. The Labute approximate surface area is 122 Å². The fourth-order valence-corrected chi connectivity index (χ4v) is 3.02. The molecule has 21 heavy (non-hydrogen) atoms. The van der Waals surface area contributed by atoms with Crippen molar-refractivity contribution in [2.75, 3.05) is 0 Å². The highest BCUT2D eigenvalue weighted by Gasteiger charge is 2.32. The summed E-state index contributed by atoms with van der Waals surface area (Å²) < 4.78 is 14.6. The molecule has 0 bridgehead atoms. The Bertz CT molecular complexity index is 718. The highest BCUT2D eigenvalue weighted by Crippen LogP contribution is 2.32. The smallest absolute Gasteiger partial charge is 0.261 e. The first-order valence-corrected chi connectivity index (χ1v) is 7.34. The Balaban J connectivity index is 1.93. The molecule has 1 aliphatic carbocycles. The molecule has 112 valence electrons. The van der Waals surface area contributed by atoms with Crippen LogP contribution in [0.5, 0.6) is 0 Å². The molecule has 0 radical (unpaired) electrons. The zero-order valence-corrected chi connectivity index (χ0v) is 12.1. The molecule has 0 saturated heterocycles. The Morgan fingerprint density at radius 3 is 2.86 bits per heavy atom. The third kappa shape index (κ3) is 2.83. The van der Waals surface area contributed by atoms with E-state index in [9.17, 15) is 14.3 Å². The van der Waals surface area contributed by atoms with E-state index in [-0.39, 0.29) is 12.1 Å². The number of rotatable bonds is 2. The maximum atomic E-state index is 13.2. The van der Waals surface area contributed by atoms with Gasteiger partial charge in [-0.15, -0.1) is 0 Å². The number of aliphatic hydroxyl groups is 1. The Hall–Kier alpha value is -1.75. The number of aromatic nitrogens is 2. The minimum Gasteiger partial charge on any atom is -0.388 e. The van der Waals surface area contributed by atoms with Gasteiger partial charge in [0.2, 0.25) is 0 Å². The summed E-state index contributed by atoms with van der Waals surface area (Å²) in [6.45, 7) is 2.43. The molecule has 5 heteroatoms. The van der Waals surface area contributed by atoms with Gasteiger partial charge in [-0.3, -0.25) is 9.36 Å². The van der Waals surface area contributed by atoms with Crippen molar-refractivity contribution in [3.05, 3.63) is 40.7 Å². The molecule has 1 N–H and O–H groups in total. The van der Waals surface area contributed by atoms with Crippen molar-refractivity contribution >= 4 is 10.9 Å². The average Bonchev–Trinajstić information content (AvgIpc) is 2.46. The maximum absolute atomic E-state index is 13.2. The fourth-order valence-electron chi connectivity index (χ4n) is 3.02. The molecule has 1 aromatic carbocycles. The molecule has 1 saturated carbocycles. The predicted octanol–water partition coefficient (Wildman–Crippen LogP) is 2.48. The van der Waals surface area contributed by atoms with Crippen molar-refractivity contribution in [1.29, 1.82) is 0 Å². The van der Waals surface area contributed by atoms with Crippen molar-refractivity contribution in [1.82, 2.24) is 9.55 Å². The van der Waals surface area contributed by atoms with Crippen LogP contribution in [-0.2, 0) is 6.54 Å². The van der Waals surface area contributed by atoms with Gasteiger partial charge in [-0.1, -0.05) is 6.92 Å². The fraction of sp³-hybridized carbons (Fsp3) is 0.500. The lowest BCUT2D eigenvalue weighted by Crippen LogP contribution is -2.41. The highest BCUT2D eigenvalue weighted by molar-refractivity contribution is 5.77. The summed E-state index contributed by atoms with van der Waals surface area (Å²) in [6, 6.07) is 3.95.